The molecule has 9 rings (SSSR count). The molecule has 49 heavy (non-hydrogen) atoms. The number of para-hydroxylation sites is 4. The van der Waals surface area contributed by atoms with Crippen LogP contribution in [0.3, 0.4) is 0 Å². The molecule has 0 saturated heterocycles. The zero-order valence-corrected chi connectivity index (χ0v) is 26.8. The molecule has 0 N–H and O–H groups in total. The Bertz CT molecular complexity index is 2450. The molecule has 0 unspecified atom stereocenters. The Morgan fingerprint density at radius 3 is 1.31 bits per heavy atom. The Balaban J connectivity index is 1.15. The van der Waals surface area contributed by atoms with E-state index in [0.29, 0.717) is 0 Å². The van der Waals surface area contributed by atoms with Gasteiger partial charge in [0.1, 0.15) is 11.2 Å². The van der Waals surface area contributed by atoms with E-state index in [1.165, 1.54) is 10.8 Å². The van der Waals surface area contributed by atoms with E-state index < -0.39 is 0 Å². The highest BCUT2D eigenvalue weighted by Gasteiger charge is 2.20. The molecular weight excluding hydrogens is 597 g/mol. The first kappa shape index (κ1) is 28.6. The summed E-state index contributed by atoms with van der Waals surface area (Å²) in [6.45, 7) is 0. The lowest BCUT2D eigenvalue weighted by molar-refractivity contribution is 0.669. The molecule has 232 valence electrons. The van der Waals surface area contributed by atoms with E-state index in [1.54, 1.807) is 0 Å². The monoisotopic (exact) mass is 628 g/mol. The molecule has 0 saturated carbocycles. The predicted molar refractivity (Wildman–Crippen MR) is 206 cm³/mol. The fourth-order valence-electron chi connectivity index (χ4n) is 6.97. The number of hydrogen-bond donors (Lipinski definition) is 0. The van der Waals surface area contributed by atoms with E-state index in [0.717, 1.165) is 67.2 Å². The van der Waals surface area contributed by atoms with Crippen LogP contribution in [0.5, 0.6) is 0 Å². The molecule has 0 atom stereocenters. The highest BCUT2D eigenvalue weighted by atomic mass is 16.3. The highest BCUT2D eigenvalue weighted by Crippen LogP contribution is 2.45. The first-order chi connectivity index (χ1) is 24.3. The van der Waals surface area contributed by atoms with Crippen molar-refractivity contribution in [2.24, 2.45) is 0 Å². The summed E-state index contributed by atoms with van der Waals surface area (Å²) in [5.41, 5.74) is 10.6. The molecular formula is C46H32N2O. The van der Waals surface area contributed by atoms with Gasteiger partial charge >= 0.3 is 0 Å². The number of anilines is 6. The Kier molecular flexibility index (Phi) is 7.14. The van der Waals surface area contributed by atoms with Gasteiger partial charge in [-0.15, -0.1) is 0 Å². The van der Waals surface area contributed by atoms with Crippen molar-refractivity contribution in [1.29, 1.82) is 0 Å². The predicted octanol–water partition coefficient (Wildman–Crippen LogP) is 13.3. The quantitative estimate of drug-likeness (QED) is 0.175. The van der Waals surface area contributed by atoms with Crippen LogP contribution in [-0.2, 0) is 0 Å². The minimum absolute atomic E-state index is 0.870. The molecule has 0 aliphatic carbocycles. The van der Waals surface area contributed by atoms with Gasteiger partial charge in [-0.1, -0.05) is 115 Å². The molecule has 9 aromatic rings. The molecule has 0 amide bonds. The maximum absolute atomic E-state index is 6.73. The number of furan rings is 1. The third-order valence-electron chi connectivity index (χ3n) is 9.21. The lowest BCUT2D eigenvalue weighted by atomic mass is 9.99. The van der Waals surface area contributed by atoms with Crippen molar-refractivity contribution in [3.63, 3.8) is 0 Å². The molecule has 0 spiro atoms. The number of fused-ring (bicyclic) bond motifs is 5. The molecule has 0 aliphatic heterocycles. The van der Waals surface area contributed by atoms with Crippen LogP contribution in [0.15, 0.2) is 199 Å². The van der Waals surface area contributed by atoms with Crippen molar-refractivity contribution in [2.75, 3.05) is 9.80 Å². The fourth-order valence-corrected chi connectivity index (χ4v) is 6.97. The van der Waals surface area contributed by atoms with Gasteiger partial charge in [-0.3, -0.25) is 0 Å². The molecule has 1 aromatic heterocycles. The Morgan fingerprint density at radius 1 is 0.306 bits per heavy atom. The van der Waals surface area contributed by atoms with Crippen LogP contribution in [-0.4, -0.2) is 0 Å². The van der Waals surface area contributed by atoms with E-state index in [2.05, 4.69) is 204 Å². The lowest BCUT2D eigenvalue weighted by Crippen LogP contribution is -2.10. The molecule has 0 fully saturated rings. The molecule has 8 aromatic carbocycles. The third kappa shape index (κ3) is 5.18. The van der Waals surface area contributed by atoms with E-state index in [1.807, 2.05) is 0 Å². The summed E-state index contributed by atoms with van der Waals surface area (Å²) < 4.78 is 6.73. The van der Waals surface area contributed by atoms with Crippen LogP contribution in [0.1, 0.15) is 0 Å². The van der Waals surface area contributed by atoms with Crippen molar-refractivity contribution in [2.45, 2.75) is 0 Å². The SMILES string of the molecule is c1ccc(N(c2ccccc2)c2ccc(-c3ccc4c(c3)oc3cc(N(c5ccccc5)c5ccccc5)c5ccccc5c34)cc2)cc1. The average Bonchev–Trinajstić information content (AvgIpc) is 3.55. The van der Waals surface area contributed by atoms with E-state index in [4.69, 9.17) is 4.42 Å². The van der Waals surface area contributed by atoms with Crippen LogP contribution < -0.4 is 9.80 Å². The topological polar surface area (TPSA) is 19.6 Å². The first-order valence-corrected chi connectivity index (χ1v) is 16.6. The van der Waals surface area contributed by atoms with Crippen LogP contribution >= 0.6 is 0 Å². The normalized spacial score (nSPS) is 11.3. The second-order valence-corrected chi connectivity index (χ2v) is 12.2. The summed E-state index contributed by atoms with van der Waals surface area (Å²) in [5, 5.41) is 4.60. The zero-order valence-electron chi connectivity index (χ0n) is 26.8. The largest absolute Gasteiger partial charge is 0.456 e. The van der Waals surface area contributed by atoms with E-state index in [-0.39, 0.29) is 0 Å². The van der Waals surface area contributed by atoms with Gasteiger partial charge in [0.15, 0.2) is 0 Å². The summed E-state index contributed by atoms with van der Waals surface area (Å²) in [4.78, 5) is 4.60. The van der Waals surface area contributed by atoms with Gasteiger partial charge in [0.25, 0.3) is 0 Å². The number of benzene rings is 8. The maximum Gasteiger partial charge on any atom is 0.138 e. The van der Waals surface area contributed by atoms with E-state index in [9.17, 15) is 0 Å². The minimum atomic E-state index is 0.870. The lowest BCUT2D eigenvalue weighted by Gasteiger charge is -2.26. The molecule has 3 heteroatoms. The van der Waals surface area contributed by atoms with Gasteiger partial charge in [0.05, 0.1) is 5.69 Å². The van der Waals surface area contributed by atoms with Gasteiger partial charge in [-0.05, 0) is 89.3 Å². The van der Waals surface area contributed by atoms with Gasteiger partial charge in [-0.2, -0.15) is 0 Å². The Labute approximate surface area is 285 Å². The molecule has 1 heterocycles. The number of nitrogens with zero attached hydrogens (tertiary/aromatic N) is 2. The van der Waals surface area contributed by atoms with Crippen LogP contribution in [0.2, 0.25) is 0 Å². The maximum atomic E-state index is 6.73. The molecule has 0 radical (unpaired) electrons. The Hall–Kier alpha value is -6.58. The van der Waals surface area contributed by atoms with Crippen molar-refractivity contribution >= 4 is 66.8 Å². The first-order valence-electron chi connectivity index (χ1n) is 16.6. The van der Waals surface area contributed by atoms with Crippen LogP contribution in [0, 0.1) is 0 Å². The smallest absolute Gasteiger partial charge is 0.138 e. The average molecular weight is 629 g/mol. The summed E-state index contributed by atoms with van der Waals surface area (Å²) in [5.74, 6) is 0. The van der Waals surface area contributed by atoms with Crippen LogP contribution in [0.25, 0.3) is 43.8 Å². The minimum Gasteiger partial charge on any atom is -0.456 e. The number of rotatable bonds is 7. The van der Waals surface area contributed by atoms with Crippen molar-refractivity contribution in [1.82, 2.24) is 0 Å². The molecule has 0 bridgehead atoms. The van der Waals surface area contributed by atoms with Gasteiger partial charge < -0.3 is 14.2 Å². The van der Waals surface area contributed by atoms with Crippen molar-refractivity contribution in [3.8, 4) is 11.1 Å². The summed E-state index contributed by atoms with van der Waals surface area (Å²) in [6.07, 6.45) is 0. The number of hydrogen-bond acceptors (Lipinski definition) is 3. The van der Waals surface area contributed by atoms with Gasteiger partial charge in [-0.25, -0.2) is 0 Å². The van der Waals surface area contributed by atoms with Crippen LogP contribution in [0.4, 0.5) is 34.1 Å². The molecule has 0 aliphatic rings. The summed E-state index contributed by atoms with van der Waals surface area (Å²) in [6, 6.07) is 68.3. The van der Waals surface area contributed by atoms with Crippen molar-refractivity contribution in [3.05, 3.63) is 194 Å². The second-order valence-electron chi connectivity index (χ2n) is 12.2. The van der Waals surface area contributed by atoms with Gasteiger partial charge in [0.2, 0.25) is 0 Å². The van der Waals surface area contributed by atoms with E-state index >= 15 is 0 Å². The summed E-state index contributed by atoms with van der Waals surface area (Å²) >= 11 is 0. The standard InChI is InChI=1S/C46H32N2O/c1-5-15-35(16-6-1)47(36-17-7-2-8-18-36)39-28-25-33(26-29-39)34-27-30-42-44(31-34)49-45-32-43(40-23-13-14-24-41(40)46(42)45)48(37-19-9-3-10-20-37)38-21-11-4-12-22-38/h1-32H. The molecule has 3 nitrogen and oxygen atoms in total. The summed E-state index contributed by atoms with van der Waals surface area (Å²) in [7, 11) is 0. The zero-order chi connectivity index (χ0) is 32.6. The van der Waals surface area contributed by atoms with Crippen molar-refractivity contribution < 1.29 is 4.42 Å². The Morgan fingerprint density at radius 2 is 0.755 bits per heavy atom. The van der Waals surface area contributed by atoms with Gasteiger partial charge in [0, 0.05) is 50.7 Å². The second kappa shape index (κ2) is 12.2. The fraction of sp³-hybridized carbons (Fsp3) is 0. The third-order valence-corrected chi connectivity index (χ3v) is 9.21. The highest BCUT2D eigenvalue weighted by molar-refractivity contribution is 6.22.